The Kier molecular flexibility index (Phi) is 12.6. The molecule has 2 aromatic carbocycles. The van der Waals surface area contributed by atoms with Crippen LogP contribution in [0.15, 0.2) is 54.6 Å². The molecule has 2 amide bonds. The van der Waals surface area contributed by atoms with Crippen molar-refractivity contribution in [2.45, 2.75) is 52.5 Å². The lowest BCUT2D eigenvalue weighted by molar-refractivity contribution is -0.121. The lowest BCUT2D eigenvalue weighted by atomic mass is 10.1. The molecule has 170 valence electrons. The van der Waals surface area contributed by atoms with E-state index in [2.05, 4.69) is 41.5 Å². The second kappa shape index (κ2) is 14.6. The number of carbonyl (C=O) groups excluding carboxylic acids is 2. The fourth-order valence-corrected chi connectivity index (χ4v) is 3.54. The predicted molar refractivity (Wildman–Crippen MR) is 131 cm³/mol. The van der Waals surface area contributed by atoms with Gasteiger partial charge in [-0.25, -0.2) is 0 Å². The van der Waals surface area contributed by atoms with Crippen molar-refractivity contribution in [1.29, 1.82) is 0 Å². The third-order valence-corrected chi connectivity index (χ3v) is 4.84. The number of anilines is 1. The molecule has 2 rings (SSSR count). The number of rotatable bonds is 12. The Balaban J connectivity index is 0.00000480. The number of hydrogen-bond donors (Lipinski definition) is 2. The Bertz CT molecular complexity index is 775. The molecule has 2 aromatic rings. The van der Waals surface area contributed by atoms with Gasteiger partial charge in [-0.05, 0) is 62.5 Å². The Morgan fingerprint density at radius 2 is 1.48 bits per heavy atom. The fraction of sp³-hybridized carbons (Fsp3) is 0.440. The first kappa shape index (κ1) is 26.7. The van der Waals surface area contributed by atoms with E-state index in [9.17, 15) is 9.59 Å². The van der Waals surface area contributed by atoms with E-state index in [4.69, 9.17) is 0 Å². The molecule has 31 heavy (non-hydrogen) atoms. The van der Waals surface area contributed by atoms with Crippen molar-refractivity contribution in [3.8, 4) is 0 Å². The minimum absolute atomic E-state index is 0. The minimum Gasteiger partial charge on any atom is -0.353 e. The SMILES string of the molecule is CCCN(CCC)CC(=O)Nc1ccc(CC(=O)NC(C)Cc2ccccc2)cc1.Cl. The molecule has 0 aliphatic rings. The van der Waals surface area contributed by atoms with Crippen LogP contribution in [0.2, 0.25) is 0 Å². The molecule has 0 bridgehead atoms. The number of hydrogen-bond acceptors (Lipinski definition) is 3. The summed E-state index contributed by atoms with van der Waals surface area (Å²) in [7, 11) is 0. The van der Waals surface area contributed by atoms with Gasteiger partial charge in [-0.2, -0.15) is 0 Å². The smallest absolute Gasteiger partial charge is 0.238 e. The van der Waals surface area contributed by atoms with E-state index in [1.54, 1.807) is 0 Å². The number of nitrogens with zero attached hydrogens (tertiary/aromatic N) is 1. The zero-order valence-electron chi connectivity index (χ0n) is 18.9. The fourth-order valence-electron chi connectivity index (χ4n) is 3.54. The highest BCUT2D eigenvalue weighted by Gasteiger charge is 2.11. The summed E-state index contributed by atoms with van der Waals surface area (Å²) in [6.07, 6.45) is 3.21. The van der Waals surface area contributed by atoms with Gasteiger partial charge in [-0.3, -0.25) is 14.5 Å². The van der Waals surface area contributed by atoms with Gasteiger partial charge in [-0.1, -0.05) is 56.3 Å². The molecule has 1 unspecified atom stereocenters. The summed E-state index contributed by atoms with van der Waals surface area (Å²) in [5.74, 6) is 0.00196. The van der Waals surface area contributed by atoms with Crippen molar-refractivity contribution in [1.82, 2.24) is 10.2 Å². The van der Waals surface area contributed by atoms with Crippen LogP contribution in [-0.4, -0.2) is 42.4 Å². The summed E-state index contributed by atoms with van der Waals surface area (Å²) in [5.41, 5.74) is 2.90. The highest BCUT2D eigenvalue weighted by Crippen LogP contribution is 2.11. The van der Waals surface area contributed by atoms with Crippen molar-refractivity contribution in [3.05, 3.63) is 65.7 Å². The molecule has 0 saturated heterocycles. The number of nitrogens with one attached hydrogen (secondary N) is 2. The molecule has 0 aliphatic heterocycles. The largest absolute Gasteiger partial charge is 0.353 e. The van der Waals surface area contributed by atoms with Gasteiger partial charge in [0.25, 0.3) is 0 Å². The van der Waals surface area contributed by atoms with Crippen LogP contribution in [0.1, 0.15) is 44.7 Å². The van der Waals surface area contributed by atoms with Gasteiger partial charge in [-0.15, -0.1) is 12.4 Å². The highest BCUT2D eigenvalue weighted by molar-refractivity contribution is 5.92. The number of halogens is 1. The maximum atomic E-state index is 12.3. The lowest BCUT2D eigenvalue weighted by Gasteiger charge is -2.20. The summed E-state index contributed by atoms with van der Waals surface area (Å²) < 4.78 is 0. The van der Waals surface area contributed by atoms with E-state index in [-0.39, 0.29) is 30.3 Å². The summed E-state index contributed by atoms with van der Waals surface area (Å²) >= 11 is 0. The van der Waals surface area contributed by atoms with E-state index in [1.807, 2.05) is 49.4 Å². The van der Waals surface area contributed by atoms with Crippen molar-refractivity contribution >= 4 is 29.9 Å². The maximum Gasteiger partial charge on any atom is 0.238 e. The standard InChI is InChI=1S/C25H35N3O2.ClH/c1-4-15-28(16-5-2)19-25(30)27-23-13-11-22(12-14-23)18-24(29)26-20(3)17-21-9-7-6-8-10-21;/h6-14,20H,4-5,15-19H2,1-3H3,(H,26,29)(H,27,30);1H. The van der Waals surface area contributed by atoms with Crippen LogP contribution in [0.4, 0.5) is 5.69 Å². The van der Waals surface area contributed by atoms with E-state index in [1.165, 1.54) is 5.56 Å². The Morgan fingerprint density at radius 3 is 2.06 bits per heavy atom. The summed E-state index contributed by atoms with van der Waals surface area (Å²) in [6, 6.07) is 17.7. The highest BCUT2D eigenvalue weighted by atomic mass is 35.5. The van der Waals surface area contributed by atoms with Crippen LogP contribution >= 0.6 is 12.4 Å². The van der Waals surface area contributed by atoms with Gasteiger partial charge in [0, 0.05) is 11.7 Å². The van der Waals surface area contributed by atoms with Gasteiger partial charge in [0.1, 0.15) is 0 Å². The minimum atomic E-state index is -0.00266. The van der Waals surface area contributed by atoms with Gasteiger partial charge in [0.05, 0.1) is 13.0 Å². The van der Waals surface area contributed by atoms with E-state index >= 15 is 0 Å². The topological polar surface area (TPSA) is 61.4 Å². The normalized spacial score (nSPS) is 11.5. The van der Waals surface area contributed by atoms with Crippen LogP contribution in [0.5, 0.6) is 0 Å². The van der Waals surface area contributed by atoms with Gasteiger partial charge in [0.2, 0.25) is 11.8 Å². The molecular formula is C25H36ClN3O2. The number of benzene rings is 2. The molecule has 0 heterocycles. The van der Waals surface area contributed by atoms with Crippen molar-refractivity contribution < 1.29 is 9.59 Å². The summed E-state index contributed by atoms with van der Waals surface area (Å²) in [6.45, 7) is 8.53. The Labute approximate surface area is 193 Å². The first-order valence-corrected chi connectivity index (χ1v) is 10.9. The maximum absolute atomic E-state index is 12.3. The molecule has 0 saturated carbocycles. The summed E-state index contributed by atoms with van der Waals surface area (Å²) in [4.78, 5) is 26.8. The first-order chi connectivity index (χ1) is 14.5. The van der Waals surface area contributed by atoms with Gasteiger partial charge >= 0.3 is 0 Å². The van der Waals surface area contributed by atoms with Gasteiger partial charge in [0.15, 0.2) is 0 Å². The Hall–Kier alpha value is -2.37. The average Bonchev–Trinajstić information content (AvgIpc) is 2.70. The zero-order chi connectivity index (χ0) is 21.8. The average molecular weight is 446 g/mol. The van der Waals surface area contributed by atoms with E-state index in [0.717, 1.165) is 43.6 Å². The number of carbonyl (C=O) groups is 2. The molecule has 0 aliphatic carbocycles. The molecular weight excluding hydrogens is 410 g/mol. The van der Waals surface area contributed by atoms with Crippen LogP contribution in [0.25, 0.3) is 0 Å². The lowest BCUT2D eigenvalue weighted by Crippen LogP contribution is -2.35. The second-order valence-electron chi connectivity index (χ2n) is 7.86. The number of amides is 2. The second-order valence-corrected chi connectivity index (χ2v) is 7.86. The zero-order valence-corrected chi connectivity index (χ0v) is 19.7. The van der Waals surface area contributed by atoms with Gasteiger partial charge < -0.3 is 10.6 Å². The quantitative estimate of drug-likeness (QED) is 0.507. The van der Waals surface area contributed by atoms with Crippen LogP contribution in [-0.2, 0) is 22.4 Å². The molecule has 6 heteroatoms. The molecule has 0 spiro atoms. The van der Waals surface area contributed by atoms with Crippen LogP contribution in [0.3, 0.4) is 0 Å². The molecule has 1 atom stereocenters. The van der Waals surface area contributed by atoms with E-state index in [0.29, 0.717) is 13.0 Å². The third-order valence-electron chi connectivity index (χ3n) is 4.84. The summed E-state index contributed by atoms with van der Waals surface area (Å²) in [5, 5.41) is 6.00. The Morgan fingerprint density at radius 1 is 0.871 bits per heavy atom. The van der Waals surface area contributed by atoms with Crippen molar-refractivity contribution in [2.24, 2.45) is 0 Å². The molecule has 2 N–H and O–H groups in total. The van der Waals surface area contributed by atoms with Crippen LogP contribution in [0, 0.1) is 0 Å². The first-order valence-electron chi connectivity index (χ1n) is 10.9. The van der Waals surface area contributed by atoms with Crippen LogP contribution < -0.4 is 10.6 Å². The molecule has 0 fully saturated rings. The molecule has 0 radical (unpaired) electrons. The van der Waals surface area contributed by atoms with Crippen molar-refractivity contribution in [3.63, 3.8) is 0 Å². The molecule has 0 aromatic heterocycles. The third kappa shape index (κ3) is 10.5. The predicted octanol–water partition coefficient (Wildman–Crippen LogP) is 4.46. The monoisotopic (exact) mass is 445 g/mol. The van der Waals surface area contributed by atoms with E-state index < -0.39 is 0 Å². The molecule has 5 nitrogen and oxygen atoms in total. The van der Waals surface area contributed by atoms with Crippen molar-refractivity contribution in [2.75, 3.05) is 25.0 Å².